The summed E-state index contributed by atoms with van der Waals surface area (Å²) >= 11 is 18.7. The van der Waals surface area contributed by atoms with Gasteiger partial charge in [-0.15, -0.1) is 0 Å². The largest absolute Gasteiger partial charge is 0.356 e. The first-order chi connectivity index (χ1) is 12.0. The van der Waals surface area contributed by atoms with Gasteiger partial charge in [-0.1, -0.05) is 53.0 Å². The van der Waals surface area contributed by atoms with Gasteiger partial charge in [0.05, 0.1) is 0 Å². The van der Waals surface area contributed by atoms with Crippen molar-refractivity contribution in [2.45, 2.75) is 24.7 Å². The highest BCUT2D eigenvalue weighted by Gasteiger charge is 2.47. The molecule has 5 heteroatoms. The lowest BCUT2D eigenvalue weighted by molar-refractivity contribution is -0.123. The molecule has 1 aliphatic heterocycles. The van der Waals surface area contributed by atoms with Crippen LogP contribution in [0.25, 0.3) is 0 Å². The number of carbonyl (C=O) groups is 1. The summed E-state index contributed by atoms with van der Waals surface area (Å²) in [5, 5.41) is 5.11. The monoisotopic (exact) mass is 393 g/mol. The van der Waals surface area contributed by atoms with E-state index in [-0.39, 0.29) is 29.6 Å². The van der Waals surface area contributed by atoms with Crippen molar-refractivity contribution in [1.29, 1.82) is 0 Å². The SMILES string of the molecule is O=C1NC[C@H]2[C@H](c3ccc(Cl)cc3)[C@H](c3ccc(Cl)cc3Cl)CC[C@@H]12. The molecular weight excluding hydrogens is 377 g/mol. The molecule has 1 aliphatic carbocycles. The molecule has 4 rings (SSSR count). The molecule has 2 aliphatic rings. The van der Waals surface area contributed by atoms with Crippen LogP contribution in [0.1, 0.15) is 35.8 Å². The van der Waals surface area contributed by atoms with Crippen molar-refractivity contribution >= 4 is 40.7 Å². The Hall–Kier alpha value is -1.22. The van der Waals surface area contributed by atoms with E-state index in [1.165, 1.54) is 5.56 Å². The van der Waals surface area contributed by atoms with Crippen molar-refractivity contribution in [3.05, 3.63) is 68.7 Å². The van der Waals surface area contributed by atoms with Gasteiger partial charge in [-0.05, 0) is 66.0 Å². The standard InChI is InChI=1S/C20H18Cl3NO/c21-12-3-1-11(2-4-12)19-15(14-6-5-13(22)9-18(14)23)7-8-16-17(19)10-24-20(16)25/h1-6,9,15-17,19H,7-8,10H2,(H,24,25)/t15-,16+,17+,19+/m0/s1. The average Bonchev–Trinajstić information content (AvgIpc) is 2.97. The summed E-state index contributed by atoms with van der Waals surface area (Å²) in [6.45, 7) is 0.721. The molecular formula is C20H18Cl3NO. The number of fused-ring (bicyclic) bond motifs is 1. The van der Waals surface area contributed by atoms with Crippen LogP contribution in [0.4, 0.5) is 0 Å². The maximum Gasteiger partial charge on any atom is 0.223 e. The minimum absolute atomic E-state index is 0.0861. The molecule has 1 saturated heterocycles. The van der Waals surface area contributed by atoms with Crippen molar-refractivity contribution in [3.8, 4) is 0 Å². The molecule has 4 atom stereocenters. The Morgan fingerprint density at radius 1 is 0.880 bits per heavy atom. The van der Waals surface area contributed by atoms with Gasteiger partial charge in [0.25, 0.3) is 0 Å². The van der Waals surface area contributed by atoms with Crippen LogP contribution in [-0.2, 0) is 4.79 Å². The number of halogens is 3. The van der Waals surface area contributed by atoms with Gasteiger partial charge in [0.1, 0.15) is 0 Å². The highest BCUT2D eigenvalue weighted by molar-refractivity contribution is 6.35. The van der Waals surface area contributed by atoms with E-state index in [9.17, 15) is 4.79 Å². The second-order valence-electron chi connectivity index (χ2n) is 6.94. The summed E-state index contributed by atoms with van der Waals surface area (Å²) in [5.74, 6) is 1.04. The first-order valence-corrected chi connectivity index (χ1v) is 9.66. The van der Waals surface area contributed by atoms with Gasteiger partial charge >= 0.3 is 0 Å². The lowest BCUT2D eigenvalue weighted by Crippen LogP contribution is -2.32. The Morgan fingerprint density at radius 2 is 1.56 bits per heavy atom. The quantitative estimate of drug-likeness (QED) is 0.698. The van der Waals surface area contributed by atoms with Gasteiger partial charge in [-0.3, -0.25) is 4.79 Å². The molecule has 0 radical (unpaired) electrons. The van der Waals surface area contributed by atoms with Gasteiger partial charge < -0.3 is 5.32 Å². The van der Waals surface area contributed by atoms with Gasteiger partial charge in [0.2, 0.25) is 5.91 Å². The summed E-state index contributed by atoms with van der Waals surface area (Å²) < 4.78 is 0. The molecule has 2 aromatic rings. The van der Waals surface area contributed by atoms with Crippen molar-refractivity contribution in [2.24, 2.45) is 11.8 Å². The van der Waals surface area contributed by atoms with Gasteiger partial charge in [-0.25, -0.2) is 0 Å². The first-order valence-electron chi connectivity index (χ1n) is 8.52. The Labute approximate surface area is 162 Å². The number of benzene rings is 2. The summed E-state index contributed by atoms with van der Waals surface area (Å²) in [5.41, 5.74) is 2.33. The third-order valence-electron chi connectivity index (χ3n) is 5.67. The van der Waals surface area contributed by atoms with Crippen LogP contribution in [0.15, 0.2) is 42.5 Å². The molecule has 1 N–H and O–H groups in total. The van der Waals surface area contributed by atoms with E-state index < -0.39 is 0 Å². The predicted molar refractivity (Wildman–Crippen MR) is 103 cm³/mol. The fourth-order valence-corrected chi connectivity index (χ4v) is 5.24. The van der Waals surface area contributed by atoms with E-state index in [1.807, 2.05) is 30.3 Å². The molecule has 1 saturated carbocycles. The summed E-state index contributed by atoms with van der Waals surface area (Å²) in [7, 11) is 0. The maximum atomic E-state index is 12.2. The second kappa shape index (κ2) is 6.83. The molecule has 25 heavy (non-hydrogen) atoms. The number of hydrogen-bond acceptors (Lipinski definition) is 1. The Kier molecular flexibility index (Phi) is 4.70. The van der Waals surface area contributed by atoms with E-state index in [1.54, 1.807) is 0 Å². The average molecular weight is 395 g/mol. The molecule has 130 valence electrons. The minimum Gasteiger partial charge on any atom is -0.356 e. The van der Waals surface area contributed by atoms with Crippen LogP contribution in [0.3, 0.4) is 0 Å². The van der Waals surface area contributed by atoms with Gasteiger partial charge in [0.15, 0.2) is 0 Å². The van der Waals surface area contributed by atoms with E-state index in [4.69, 9.17) is 34.8 Å². The van der Waals surface area contributed by atoms with Crippen molar-refractivity contribution in [2.75, 3.05) is 6.54 Å². The molecule has 1 heterocycles. The molecule has 2 nitrogen and oxygen atoms in total. The van der Waals surface area contributed by atoms with Crippen LogP contribution in [0, 0.1) is 11.8 Å². The van der Waals surface area contributed by atoms with E-state index in [2.05, 4.69) is 17.4 Å². The topological polar surface area (TPSA) is 29.1 Å². The Morgan fingerprint density at radius 3 is 2.28 bits per heavy atom. The molecule has 2 fully saturated rings. The molecule has 0 aromatic heterocycles. The lowest BCUT2D eigenvalue weighted by atomic mass is 9.63. The molecule has 0 unspecified atom stereocenters. The zero-order chi connectivity index (χ0) is 17.6. The van der Waals surface area contributed by atoms with E-state index in [0.717, 1.165) is 30.0 Å². The fourth-order valence-electron chi connectivity index (χ4n) is 4.56. The zero-order valence-corrected chi connectivity index (χ0v) is 15.8. The Bertz CT molecular complexity index is 805. The third kappa shape index (κ3) is 3.16. The van der Waals surface area contributed by atoms with Crippen molar-refractivity contribution in [1.82, 2.24) is 5.32 Å². The van der Waals surface area contributed by atoms with Crippen molar-refractivity contribution < 1.29 is 4.79 Å². The van der Waals surface area contributed by atoms with Gasteiger partial charge in [-0.2, -0.15) is 0 Å². The second-order valence-corrected chi connectivity index (χ2v) is 8.22. The number of nitrogens with one attached hydrogen (secondary N) is 1. The normalized spacial score (nSPS) is 28.5. The molecule has 0 bridgehead atoms. The van der Waals surface area contributed by atoms with Crippen molar-refractivity contribution in [3.63, 3.8) is 0 Å². The Balaban J connectivity index is 1.78. The minimum atomic E-state index is 0.0861. The summed E-state index contributed by atoms with van der Waals surface area (Å²) in [6.07, 6.45) is 1.83. The zero-order valence-electron chi connectivity index (χ0n) is 13.5. The molecule has 0 spiro atoms. The highest BCUT2D eigenvalue weighted by Crippen LogP contribution is 2.52. The first kappa shape index (κ1) is 17.2. The maximum absolute atomic E-state index is 12.2. The number of amides is 1. The fraction of sp³-hybridized carbons (Fsp3) is 0.350. The number of carbonyl (C=O) groups excluding carboxylic acids is 1. The molecule has 2 aromatic carbocycles. The smallest absolute Gasteiger partial charge is 0.223 e. The van der Waals surface area contributed by atoms with Crippen LogP contribution >= 0.6 is 34.8 Å². The van der Waals surface area contributed by atoms with Crippen LogP contribution in [-0.4, -0.2) is 12.5 Å². The van der Waals surface area contributed by atoms with Crippen LogP contribution in [0.2, 0.25) is 15.1 Å². The van der Waals surface area contributed by atoms with Crippen LogP contribution < -0.4 is 5.32 Å². The van der Waals surface area contributed by atoms with E-state index >= 15 is 0 Å². The van der Waals surface area contributed by atoms with E-state index in [0.29, 0.717) is 10.0 Å². The lowest BCUT2D eigenvalue weighted by Gasteiger charge is -2.40. The van der Waals surface area contributed by atoms with Crippen LogP contribution in [0.5, 0.6) is 0 Å². The number of hydrogen-bond donors (Lipinski definition) is 1. The van der Waals surface area contributed by atoms with Gasteiger partial charge in [0, 0.05) is 27.5 Å². The highest BCUT2D eigenvalue weighted by atomic mass is 35.5. The predicted octanol–water partition coefficient (Wildman–Crippen LogP) is 5.67. The molecule has 1 amide bonds. The number of rotatable bonds is 2. The summed E-state index contributed by atoms with van der Waals surface area (Å²) in [4.78, 5) is 12.2. The third-order valence-corrected chi connectivity index (χ3v) is 6.48. The summed E-state index contributed by atoms with van der Waals surface area (Å²) in [6, 6.07) is 13.7.